The molecular weight excluding hydrogens is 378 g/mol. The lowest BCUT2D eigenvalue weighted by atomic mass is 9.98. The molecule has 0 bridgehead atoms. The van der Waals surface area contributed by atoms with Crippen LogP contribution in [0.15, 0.2) is 78.9 Å². The van der Waals surface area contributed by atoms with E-state index in [1.54, 1.807) is 0 Å². The van der Waals surface area contributed by atoms with Gasteiger partial charge in [-0.25, -0.2) is 0 Å². The molecular formula is C25H27NO4. The Kier molecular flexibility index (Phi) is 5.93. The fraction of sp³-hybridized carbons (Fsp3) is 0.280. The number of aliphatic hydroxyl groups excluding tert-OH is 1. The lowest BCUT2D eigenvalue weighted by Crippen LogP contribution is -2.34. The zero-order valence-electron chi connectivity index (χ0n) is 17.2. The van der Waals surface area contributed by atoms with Crippen LogP contribution in [0, 0.1) is 0 Å². The molecule has 0 amide bonds. The van der Waals surface area contributed by atoms with Gasteiger partial charge >= 0.3 is 0 Å². The van der Waals surface area contributed by atoms with Crippen LogP contribution in [0.2, 0.25) is 0 Å². The lowest BCUT2D eigenvalue weighted by Gasteiger charge is -2.22. The first kappa shape index (κ1) is 20.3. The molecule has 5 nitrogen and oxygen atoms in total. The molecule has 0 aromatic heterocycles. The summed E-state index contributed by atoms with van der Waals surface area (Å²) in [5, 5.41) is 14.0. The molecule has 156 valence electrons. The minimum Gasteiger partial charge on any atom is -0.487 e. The molecule has 2 N–H and O–H groups in total. The summed E-state index contributed by atoms with van der Waals surface area (Å²) < 4.78 is 17.4. The van der Waals surface area contributed by atoms with E-state index in [-0.39, 0.29) is 12.6 Å². The zero-order chi connectivity index (χ0) is 21.0. The summed E-state index contributed by atoms with van der Waals surface area (Å²) in [6.45, 7) is 4.22. The molecule has 0 spiro atoms. The number of hydrogen-bond donors (Lipinski definition) is 2. The minimum absolute atomic E-state index is 0.0134. The average Bonchev–Trinajstić information content (AvgIpc) is 3.08. The van der Waals surface area contributed by atoms with Gasteiger partial charge in [-0.1, -0.05) is 66.7 Å². The first-order valence-corrected chi connectivity index (χ1v) is 10.2. The fourth-order valence-electron chi connectivity index (χ4n) is 3.54. The molecule has 0 saturated carbocycles. The zero-order valence-corrected chi connectivity index (χ0v) is 17.2. The molecule has 3 aromatic carbocycles. The van der Waals surface area contributed by atoms with Crippen LogP contribution in [0.3, 0.4) is 0 Å². The molecule has 5 heteroatoms. The van der Waals surface area contributed by atoms with Gasteiger partial charge in [0.1, 0.15) is 12.7 Å². The van der Waals surface area contributed by atoms with E-state index in [1.165, 1.54) is 0 Å². The number of rotatable bonds is 8. The summed E-state index contributed by atoms with van der Waals surface area (Å²) in [5.41, 5.74) is 2.29. The predicted octanol–water partition coefficient (Wildman–Crippen LogP) is 4.31. The number of aliphatic hydroxyl groups is 1. The molecule has 0 aliphatic carbocycles. The quantitative estimate of drug-likeness (QED) is 0.585. The smallest absolute Gasteiger partial charge is 0.246 e. The molecule has 0 radical (unpaired) electrons. The van der Waals surface area contributed by atoms with Crippen molar-refractivity contribution in [2.24, 2.45) is 0 Å². The predicted molar refractivity (Wildman–Crippen MR) is 116 cm³/mol. The Bertz CT molecular complexity index is 920. The highest BCUT2D eigenvalue weighted by Gasteiger charge is 2.34. The van der Waals surface area contributed by atoms with Crippen LogP contribution in [-0.4, -0.2) is 30.1 Å². The van der Waals surface area contributed by atoms with Crippen molar-refractivity contribution < 1.29 is 19.3 Å². The second-order valence-electron chi connectivity index (χ2n) is 7.81. The van der Waals surface area contributed by atoms with Gasteiger partial charge in [0, 0.05) is 20.4 Å². The first-order valence-electron chi connectivity index (χ1n) is 10.2. The molecule has 3 aromatic rings. The largest absolute Gasteiger partial charge is 0.487 e. The van der Waals surface area contributed by atoms with Gasteiger partial charge in [-0.3, -0.25) is 0 Å². The van der Waals surface area contributed by atoms with E-state index < -0.39 is 11.9 Å². The maximum absolute atomic E-state index is 10.5. The molecule has 1 aliphatic heterocycles. The first-order chi connectivity index (χ1) is 14.5. The van der Waals surface area contributed by atoms with Gasteiger partial charge in [-0.2, -0.15) is 0 Å². The molecule has 1 heterocycles. The summed E-state index contributed by atoms with van der Waals surface area (Å²) >= 11 is 0. The number of benzene rings is 3. The van der Waals surface area contributed by atoms with Crippen LogP contribution in [0.25, 0.3) is 0 Å². The van der Waals surface area contributed by atoms with E-state index in [9.17, 15) is 5.11 Å². The van der Waals surface area contributed by atoms with Gasteiger partial charge in [0.2, 0.25) is 11.5 Å². The van der Waals surface area contributed by atoms with Crippen LogP contribution in [0.4, 0.5) is 0 Å². The van der Waals surface area contributed by atoms with Crippen LogP contribution in [-0.2, 0) is 0 Å². The third-order valence-electron chi connectivity index (χ3n) is 4.90. The Morgan fingerprint density at radius 3 is 2.13 bits per heavy atom. The highest BCUT2D eigenvalue weighted by molar-refractivity contribution is 5.53. The van der Waals surface area contributed by atoms with Crippen LogP contribution >= 0.6 is 0 Å². The van der Waals surface area contributed by atoms with E-state index in [0.29, 0.717) is 23.8 Å². The number of fused-ring (bicyclic) bond motifs is 1. The van der Waals surface area contributed by atoms with E-state index in [2.05, 4.69) is 29.6 Å². The van der Waals surface area contributed by atoms with E-state index in [1.807, 2.05) is 68.4 Å². The Labute approximate surface area is 177 Å². The maximum atomic E-state index is 10.5. The Balaban J connectivity index is 1.39. The standard InChI is InChI=1S/C25H27NO4/c1-25(2)29-22-15-9-14-21(24(22)30-25)28-17-20(27)16-26-23(18-10-5-3-6-11-18)19-12-7-4-8-13-19/h3-15,20,23,26-27H,16-17H2,1-2H3. The summed E-state index contributed by atoms with van der Waals surface area (Å²) in [6, 6.07) is 25.9. The van der Waals surface area contributed by atoms with Crippen molar-refractivity contribution in [2.75, 3.05) is 13.2 Å². The third-order valence-corrected chi connectivity index (χ3v) is 4.90. The van der Waals surface area contributed by atoms with Crippen molar-refractivity contribution in [2.45, 2.75) is 31.8 Å². The van der Waals surface area contributed by atoms with E-state index >= 15 is 0 Å². The summed E-state index contributed by atoms with van der Waals surface area (Å²) in [4.78, 5) is 0. The Morgan fingerprint density at radius 1 is 0.867 bits per heavy atom. The molecule has 0 fully saturated rings. The van der Waals surface area contributed by atoms with E-state index in [0.717, 1.165) is 11.1 Å². The number of ether oxygens (including phenoxy) is 3. The van der Waals surface area contributed by atoms with Crippen molar-refractivity contribution in [3.8, 4) is 17.2 Å². The normalized spacial score (nSPS) is 15.2. The number of hydrogen-bond acceptors (Lipinski definition) is 5. The highest BCUT2D eigenvalue weighted by atomic mass is 16.7. The average molecular weight is 405 g/mol. The van der Waals surface area contributed by atoms with Crippen molar-refractivity contribution >= 4 is 0 Å². The van der Waals surface area contributed by atoms with Crippen molar-refractivity contribution in [3.05, 3.63) is 90.0 Å². The molecule has 30 heavy (non-hydrogen) atoms. The topological polar surface area (TPSA) is 60.0 Å². The lowest BCUT2D eigenvalue weighted by molar-refractivity contribution is -0.0443. The highest BCUT2D eigenvalue weighted by Crippen LogP contribution is 2.45. The van der Waals surface area contributed by atoms with Gasteiger partial charge in [-0.05, 0) is 23.3 Å². The molecule has 1 atom stereocenters. The minimum atomic E-state index is -0.722. The van der Waals surface area contributed by atoms with Gasteiger partial charge in [-0.15, -0.1) is 0 Å². The van der Waals surface area contributed by atoms with Crippen molar-refractivity contribution in [3.63, 3.8) is 0 Å². The van der Waals surface area contributed by atoms with E-state index in [4.69, 9.17) is 14.2 Å². The molecule has 1 unspecified atom stereocenters. The van der Waals surface area contributed by atoms with Gasteiger partial charge < -0.3 is 24.6 Å². The number of para-hydroxylation sites is 1. The maximum Gasteiger partial charge on any atom is 0.246 e. The molecule has 4 rings (SSSR count). The van der Waals surface area contributed by atoms with Crippen molar-refractivity contribution in [1.29, 1.82) is 0 Å². The SMILES string of the molecule is CC1(C)Oc2cccc(OCC(O)CNC(c3ccccc3)c3ccccc3)c2O1. The third kappa shape index (κ3) is 4.75. The fourth-order valence-corrected chi connectivity index (χ4v) is 3.54. The van der Waals surface area contributed by atoms with Crippen LogP contribution in [0.5, 0.6) is 17.2 Å². The molecule has 1 aliphatic rings. The Morgan fingerprint density at radius 2 is 1.50 bits per heavy atom. The summed E-state index contributed by atoms with van der Waals surface area (Å²) in [5.74, 6) is 1.08. The number of nitrogens with one attached hydrogen (secondary N) is 1. The Hall–Kier alpha value is -3.02. The summed E-state index contributed by atoms with van der Waals surface area (Å²) in [7, 11) is 0. The van der Waals surface area contributed by atoms with Crippen LogP contribution in [0.1, 0.15) is 31.0 Å². The summed E-state index contributed by atoms with van der Waals surface area (Å²) in [6.07, 6.45) is -0.689. The van der Waals surface area contributed by atoms with Gasteiger partial charge in [0.25, 0.3) is 0 Å². The molecule has 0 saturated heterocycles. The second-order valence-corrected chi connectivity index (χ2v) is 7.81. The van der Waals surface area contributed by atoms with Gasteiger partial charge in [0.15, 0.2) is 11.5 Å². The van der Waals surface area contributed by atoms with Crippen molar-refractivity contribution in [1.82, 2.24) is 5.32 Å². The van der Waals surface area contributed by atoms with Gasteiger partial charge in [0.05, 0.1) is 6.04 Å². The second kappa shape index (κ2) is 8.78. The monoisotopic (exact) mass is 405 g/mol. The van der Waals surface area contributed by atoms with Crippen LogP contribution < -0.4 is 19.5 Å².